The highest BCUT2D eigenvalue weighted by molar-refractivity contribution is 5.77. The minimum Gasteiger partial charge on any atom is -0.497 e. The number of aryl methyl sites for hydroxylation is 3. The Bertz CT molecular complexity index is 686. The molecule has 0 radical (unpaired) electrons. The lowest BCUT2D eigenvalue weighted by Crippen LogP contribution is -2.31. The predicted octanol–water partition coefficient (Wildman–Crippen LogP) is 3.60. The Labute approximate surface area is 142 Å². The third-order valence-electron chi connectivity index (χ3n) is 4.78. The lowest BCUT2D eigenvalue weighted by molar-refractivity contribution is -0.132. The lowest BCUT2D eigenvalue weighted by Gasteiger charge is -2.25. The Kier molecular flexibility index (Phi) is 4.88. The summed E-state index contributed by atoms with van der Waals surface area (Å²) in [7, 11) is 1.65. The predicted molar refractivity (Wildman–Crippen MR) is 91.0 cm³/mol. The molecule has 1 aromatic heterocycles. The van der Waals surface area contributed by atoms with Crippen LogP contribution in [0.5, 0.6) is 5.75 Å². The number of nitrogens with zero attached hydrogens (tertiary/aromatic N) is 2. The summed E-state index contributed by atoms with van der Waals surface area (Å²) in [5.74, 6) is 1.86. The molecule has 0 N–H and O–H groups in total. The highest BCUT2D eigenvalue weighted by Crippen LogP contribution is 2.36. The molecule has 0 aliphatic carbocycles. The average molecular weight is 328 g/mol. The van der Waals surface area contributed by atoms with Crippen LogP contribution in [0, 0.1) is 13.8 Å². The third-order valence-corrected chi connectivity index (χ3v) is 4.78. The van der Waals surface area contributed by atoms with Crippen LogP contribution in [0.25, 0.3) is 0 Å². The lowest BCUT2D eigenvalue weighted by atomic mass is 10.0. The zero-order valence-electron chi connectivity index (χ0n) is 14.5. The Morgan fingerprint density at radius 3 is 2.71 bits per heavy atom. The molecule has 0 spiro atoms. The highest BCUT2D eigenvalue weighted by Gasteiger charge is 2.33. The van der Waals surface area contributed by atoms with Gasteiger partial charge in [0.2, 0.25) is 5.91 Å². The summed E-state index contributed by atoms with van der Waals surface area (Å²) in [6, 6.07) is 8.01. The number of methoxy groups -OCH3 is 1. The van der Waals surface area contributed by atoms with Gasteiger partial charge in [-0.1, -0.05) is 17.3 Å². The number of hydrogen-bond acceptors (Lipinski definition) is 4. The Balaban J connectivity index is 1.65. The van der Waals surface area contributed by atoms with Crippen LogP contribution < -0.4 is 4.74 Å². The molecule has 1 fully saturated rings. The molecule has 2 aromatic rings. The normalized spacial score (nSPS) is 17.3. The fourth-order valence-electron chi connectivity index (χ4n) is 3.52. The molecule has 0 saturated carbocycles. The van der Waals surface area contributed by atoms with E-state index in [1.54, 1.807) is 7.11 Å². The van der Waals surface area contributed by atoms with E-state index in [1.807, 2.05) is 43.0 Å². The molecular formula is C19H24N2O3. The van der Waals surface area contributed by atoms with E-state index < -0.39 is 0 Å². The number of benzene rings is 1. The minimum atomic E-state index is 0.111. The van der Waals surface area contributed by atoms with Crippen LogP contribution in [0.3, 0.4) is 0 Å². The second kappa shape index (κ2) is 7.07. The van der Waals surface area contributed by atoms with E-state index in [-0.39, 0.29) is 11.9 Å². The maximum Gasteiger partial charge on any atom is 0.223 e. The summed E-state index contributed by atoms with van der Waals surface area (Å²) in [6.07, 6.45) is 3.28. The first-order valence-corrected chi connectivity index (χ1v) is 8.45. The van der Waals surface area contributed by atoms with Gasteiger partial charge in [-0.25, -0.2) is 0 Å². The molecule has 1 amide bonds. The van der Waals surface area contributed by atoms with Crippen molar-refractivity contribution in [1.82, 2.24) is 10.1 Å². The van der Waals surface area contributed by atoms with Gasteiger partial charge in [0.05, 0.1) is 18.8 Å². The number of hydrogen-bond donors (Lipinski definition) is 0. The smallest absolute Gasteiger partial charge is 0.223 e. The first-order chi connectivity index (χ1) is 11.6. The molecule has 3 rings (SSSR count). The maximum absolute atomic E-state index is 12.7. The zero-order chi connectivity index (χ0) is 17.1. The second-order valence-electron chi connectivity index (χ2n) is 6.33. The van der Waals surface area contributed by atoms with Gasteiger partial charge < -0.3 is 14.2 Å². The molecule has 0 unspecified atom stereocenters. The molecule has 0 bridgehead atoms. The summed E-state index contributed by atoms with van der Waals surface area (Å²) >= 11 is 0. The van der Waals surface area contributed by atoms with Crippen LogP contribution in [0.15, 0.2) is 28.8 Å². The number of aromatic nitrogens is 1. The molecule has 1 aliphatic rings. The maximum atomic E-state index is 12.7. The minimum absolute atomic E-state index is 0.111. The highest BCUT2D eigenvalue weighted by atomic mass is 16.5. The van der Waals surface area contributed by atoms with Crippen molar-refractivity contribution in [3.8, 4) is 5.75 Å². The van der Waals surface area contributed by atoms with Gasteiger partial charge in [-0.2, -0.15) is 0 Å². The molecule has 5 heteroatoms. The van der Waals surface area contributed by atoms with Crippen molar-refractivity contribution >= 4 is 5.91 Å². The molecule has 1 atom stereocenters. The monoisotopic (exact) mass is 328 g/mol. The van der Waals surface area contributed by atoms with Gasteiger partial charge >= 0.3 is 0 Å². The Morgan fingerprint density at radius 2 is 2.08 bits per heavy atom. The van der Waals surface area contributed by atoms with E-state index >= 15 is 0 Å². The summed E-state index contributed by atoms with van der Waals surface area (Å²) in [5.41, 5.74) is 3.13. The topological polar surface area (TPSA) is 55.6 Å². The Morgan fingerprint density at radius 1 is 1.33 bits per heavy atom. The first kappa shape index (κ1) is 16.6. The third kappa shape index (κ3) is 3.30. The summed E-state index contributed by atoms with van der Waals surface area (Å²) in [5, 5.41) is 4.04. The van der Waals surface area contributed by atoms with Crippen LogP contribution >= 0.6 is 0 Å². The van der Waals surface area contributed by atoms with Gasteiger partial charge in [-0.15, -0.1) is 0 Å². The molecule has 1 saturated heterocycles. The molecule has 5 nitrogen and oxygen atoms in total. The van der Waals surface area contributed by atoms with Gasteiger partial charge in [-0.3, -0.25) is 4.79 Å². The van der Waals surface area contributed by atoms with Gasteiger partial charge in [0, 0.05) is 18.5 Å². The van der Waals surface area contributed by atoms with E-state index in [4.69, 9.17) is 9.26 Å². The molecular weight excluding hydrogens is 304 g/mol. The largest absolute Gasteiger partial charge is 0.497 e. The second-order valence-corrected chi connectivity index (χ2v) is 6.33. The van der Waals surface area contributed by atoms with Gasteiger partial charge in [0.25, 0.3) is 0 Å². The van der Waals surface area contributed by atoms with Crippen LogP contribution in [0.4, 0.5) is 0 Å². The van der Waals surface area contributed by atoms with E-state index in [9.17, 15) is 4.79 Å². The quantitative estimate of drug-likeness (QED) is 0.841. The zero-order valence-corrected chi connectivity index (χ0v) is 14.5. The summed E-state index contributed by atoms with van der Waals surface area (Å²) < 4.78 is 10.5. The first-order valence-electron chi connectivity index (χ1n) is 8.45. The van der Waals surface area contributed by atoms with Crippen LogP contribution in [0.1, 0.15) is 47.9 Å². The van der Waals surface area contributed by atoms with Crippen molar-refractivity contribution < 1.29 is 14.1 Å². The number of likely N-dealkylation sites (tertiary alicyclic amines) is 1. The molecule has 128 valence electrons. The van der Waals surface area contributed by atoms with Crippen molar-refractivity contribution in [2.24, 2.45) is 0 Å². The number of carbonyl (C=O) groups is 1. The van der Waals surface area contributed by atoms with Crippen molar-refractivity contribution in [1.29, 1.82) is 0 Å². The van der Waals surface area contributed by atoms with E-state index in [2.05, 4.69) is 5.16 Å². The van der Waals surface area contributed by atoms with Crippen LogP contribution in [-0.4, -0.2) is 29.6 Å². The van der Waals surface area contributed by atoms with Crippen LogP contribution in [-0.2, 0) is 11.2 Å². The number of amides is 1. The number of rotatable bonds is 5. The van der Waals surface area contributed by atoms with Crippen molar-refractivity contribution in [2.45, 2.75) is 45.6 Å². The van der Waals surface area contributed by atoms with E-state index in [1.165, 1.54) is 0 Å². The van der Waals surface area contributed by atoms with Crippen molar-refractivity contribution in [2.75, 3.05) is 13.7 Å². The SMILES string of the molecule is COc1ccc(CCC(=O)N2CCC[C@@H]2c2c(C)noc2C)cc1. The summed E-state index contributed by atoms with van der Waals surface area (Å²) in [4.78, 5) is 14.7. The molecule has 1 aliphatic heterocycles. The molecule has 24 heavy (non-hydrogen) atoms. The number of ether oxygens (including phenoxy) is 1. The van der Waals surface area contributed by atoms with Gasteiger partial charge in [0.1, 0.15) is 11.5 Å². The average Bonchev–Trinajstić information content (AvgIpc) is 3.19. The Hall–Kier alpha value is -2.30. The molecule has 1 aromatic carbocycles. The van der Waals surface area contributed by atoms with Crippen molar-refractivity contribution in [3.63, 3.8) is 0 Å². The standard InChI is InChI=1S/C19H24N2O3/c1-13-19(14(2)24-20-13)17-5-4-12-21(17)18(22)11-8-15-6-9-16(23-3)10-7-15/h6-7,9-10,17H,4-5,8,11-12H2,1-3H3/t17-/m1/s1. The molecule has 2 heterocycles. The fraction of sp³-hybridized carbons (Fsp3) is 0.474. The summed E-state index contributed by atoms with van der Waals surface area (Å²) in [6.45, 7) is 4.69. The van der Waals surface area contributed by atoms with Gasteiger partial charge in [0.15, 0.2) is 0 Å². The van der Waals surface area contributed by atoms with E-state index in [0.29, 0.717) is 6.42 Å². The van der Waals surface area contributed by atoms with Crippen LogP contribution in [0.2, 0.25) is 0 Å². The van der Waals surface area contributed by atoms with Gasteiger partial charge in [-0.05, 0) is 50.8 Å². The van der Waals surface area contributed by atoms with E-state index in [0.717, 1.165) is 54.1 Å². The fourth-order valence-corrected chi connectivity index (χ4v) is 3.52. The van der Waals surface area contributed by atoms with Crippen molar-refractivity contribution in [3.05, 3.63) is 46.8 Å². The number of carbonyl (C=O) groups excluding carboxylic acids is 1.